The largest absolute Gasteiger partial charge is 0.393 e. The highest BCUT2D eigenvalue weighted by molar-refractivity contribution is 7.80. The summed E-state index contributed by atoms with van der Waals surface area (Å²) >= 11 is 4.99. The second kappa shape index (κ2) is 6.54. The van der Waals surface area contributed by atoms with E-state index in [1.807, 2.05) is 0 Å². The van der Waals surface area contributed by atoms with Gasteiger partial charge in [0.1, 0.15) is 0 Å². The van der Waals surface area contributed by atoms with Crippen molar-refractivity contribution in [1.29, 1.82) is 0 Å². The Kier molecular flexibility index (Phi) is 5.07. The second-order valence-electron chi connectivity index (χ2n) is 5.41. The molecule has 9 heteroatoms. The monoisotopic (exact) mass is 356 g/mol. The molecule has 2 atom stereocenters. The Hall–Kier alpha value is -1.51. The average molecular weight is 356 g/mol. The minimum absolute atomic E-state index is 0.139. The quantitative estimate of drug-likeness (QED) is 0.591. The molecule has 0 aromatic heterocycles. The van der Waals surface area contributed by atoms with Crippen molar-refractivity contribution in [3.05, 3.63) is 30.3 Å². The molecule has 128 valence electrons. The molecule has 2 rings (SSSR count). The molecule has 1 aromatic rings. The Balaban J connectivity index is 2.14. The van der Waals surface area contributed by atoms with E-state index in [-0.39, 0.29) is 5.11 Å². The van der Waals surface area contributed by atoms with E-state index in [0.717, 1.165) is 4.90 Å². The summed E-state index contributed by atoms with van der Waals surface area (Å²) in [5.41, 5.74) is 0.509. The van der Waals surface area contributed by atoms with E-state index in [4.69, 9.17) is 12.2 Å². The lowest BCUT2D eigenvalue weighted by Gasteiger charge is -2.40. The van der Waals surface area contributed by atoms with Crippen molar-refractivity contribution >= 4 is 23.0 Å². The van der Waals surface area contributed by atoms with Gasteiger partial charge in [-0.2, -0.15) is 26.3 Å². The van der Waals surface area contributed by atoms with Crippen molar-refractivity contribution in [2.45, 2.75) is 18.8 Å². The van der Waals surface area contributed by atoms with Crippen LogP contribution in [-0.4, -0.2) is 35.5 Å². The van der Waals surface area contributed by atoms with Crippen LogP contribution in [0.4, 0.5) is 32.0 Å². The van der Waals surface area contributed by atoms with Gasteiger partial charge in [-0.3, -0.25) is 0 Å². The summed E-state index contributed by atoms with van der Waals surface area (Å²) < 4.78 is 77.5. The number of nitrogens with one attached hydrogen (secondary N) is 1. The number of para-hydroxylation sites is 1. The van der Waals surface area contributed by atoms with E-state index < -0.39 is 43.7 Å². The summed E-state index contributed by atoms with van der Waals surface area (Å²) in [4.78, 5) is 0.947. The predicted octanol–water partition coefficient (Wildman–Crippen LogP) is 4.45. The van der Waals surface area contributed by atoms with E-state index in [1.54, 1.807) is 30.3 Å². The SMILES string of the molecule is FC(F)(F)[C@@H]1C[C@@H](C(F)(F)F)CN(C(=S)Nc2ccccc2)C1. The van der Waals surface area contributed by atoms with Crippen molar-refractivity contribution in [3.63, 3.8) is 0 Å². The van der Waals surface area contributed by atoms with Gasteiger partial charge in [0, 0.05) is 18.8 Å². The van der Waals surface area contributed by atoms with Crippen molar-refractivity contribution < 1.29 is 26.3 Å². The third-order valence-electron chi connectivity index (χ3n) is 3.69. The molecule has 0 unspecified atom stereocenters. The van der Waals surface area contributed by atoms with Gasteiger partial charge in [-0.15, -0.1) is 0 Å². The Morgan fingerprint density at radius 1 is 0.957 bits per heavy atom. The van der Waals surface area contributed by atoms with E-state index in [2.05, 4.69) is 5.32 Å². The molecule has 0 saturated carbocycles. The molecular weight excluding hydrogens is 342 g/mol. The van der Waals surface area contributed by atoms with Gasteiger partial charge < -0.3 is 10.2 Å². The summed E-state index contributed by atoms with van der Waals surface area (Å²) in [7, 11) is 0. The summed E-state index contributed by atoms with van der Waals surface area (Å²) in [6.07, 6.45) is -10.3. The van der Waals surface area contributed by atoms with Crippen molar-refractivity contribution in [2.75, 3.05) is 18.4 Å². The first-order valence-corrected chi connectivity index (χ1v) is 7.22. The maximum absolute atomic E-state index is 12.9. The maximum atomic E-state index is 12.9. The Morgan fingerprint density at radius 2 is 1.43 bits per heavy atom. The first kappa shape index (κ1) is 17.8. The summed E-state index contributed by atoms with van der Waals surface area (Å²) in [5.74, 6) is -4.11. The number of likely N-dealkylation sites (tertiary alicyclic amines) is 1. The van der Waals surface area contributed by atoms with Gasteiger partial charge in [0.2, 0.25) is 0 Å². The lowest BCUT2D eigenvalue weighted by Crippen LogP contribution is -2.52. The first-order chi connectivity index (χ1) is 10.6. The Labute approximate surface area is 134 Å². The number of hydrogen-bond acceptors (Lipinski definition) is 1. The van der Waals surface area contributed by atoms with Gasteiger partial charge in [-0.1, -0.05) is 18.2 Å². The van der Waals surface area contributed by atoms with Gasteiger partial charge in [0.15, 0.2) is 5.11 Å². The number of anilines is 1. The number of benzene rings is 1. The van der Waals surface area contributed by atoms with Crippen LogP contribution in [0, 0.1) is 11.8 Å². The van der Waals surface area contributed by atoms with Crippen LogP contribution < -0.4 is 5.32 Å². The molecule has 1 saturated heterocycles. The van der Waals surface area contributed by atoms with Gasteiger partial charge in [-0.05, 0) is 30.8 Å². The number of thiocarbonyl (C=S) groups is 1. The van der Waals surface area contributed by atoms with E-state index in [0.29, 0.717) is 5.69 Å². The molecule has 23 heavy (non-hydrogen) atoms. The smallest absolute Gasteiger partial charge is 0.348 e. The summed E-state index contributed by atoms with van der Waals surface area (Å²) in [5, 5.41) is 2.54. The molecule has 1 heterocycles. The molecule has 0 bridgehead atoms. The number of rotatable bonds is 1. The Bertz CT molecular complexity index is 520. The van der Waals surface area contributed by atoms with Gasteiger partial charge in [0.25, 0.3) is 0 Å². The van der Waals surface area contributed by atoms with Gasteiger partial charge >= 0.3 is 12.4 Å². The van der Waals surface area contributed by atoms with E-state index in [1.165, 1.54) is 0 Å². The van der Waals surface area contributed by atoms with Crippen molar-refractivity contribution in [3.8, 4) is 0 Å². The fourth-order valence-corrected chi connectivity index (χ4v) is 2.73. The third kappa shape index (κ3) is 4.73. The van der Waals surface area contributed by atoms with Crippen LogP contribution in [0.2, 0.25) is 0 Å². The Morgan fingerprint density at radius 3 is 1.87 bits per heavy atom. The minimum atomic E-state index is -4.69. The highest BCUT2D eigenvalue weighted by Gasteiger charge is 2.51. The standard InChI is InChI=1S/C14H14F6N2S/c15-13(16,17)9-6-10(14(18,19)20)8-22(7-9)12(23)21-11-4-2-1-3-5-11/h1-5,9-10H,6-8H2,(H,21,23)/t9-,10-/m1/s1. The van der Waals surface area contributed by atoms with Gasteiger partial charge in [0.05, 0.1) is 11.8 Å². The zero-order valence-corrected chi connectivity index (χ0v) is 12.6. The molecule has 1 fully saturated rings. The molecule has 0 radical (unpaired) electrons. The molecule has 0 amide bonds. The number of halogens is 6. The van der Waals surface area contributed by atoms with Crippen LogP contribution in [0.15, 0.2) is 30.3 Å². The zero-order valence-electron chi connectivity index (χ0n) is 11.8. The van der Waals surface area contributed by atoms with E-state index >= 15 is 0 Å². The fraction of sp³-hybridized carbons (Fsp3) is 0.500. The highest BCUT2D eigenvalue weighted by Crippen LogP contribution is 2.41. The first-order valence-electron chi connectivity index (χ1n) is 6.82. The van der Waals surface area contributed by atoms with Crippen LogP contribution in [0.1, 0.15) is 6.42 Å². The third-order valence-corrected chi connectivity index (χ3v) is 4.05. The zero-order chi connectivity index (χ0) is 17.3. The number of nitrogens with zero attached hydrogens (tertiary/aromatic N) is 1. The van der Waals surface area contributed by atoms with Crippen LogP contribution >= 0.6 is 12.2 Å². The molecule has 0 spiro atoms. The molecule has 0 aliphatic carbocycles. The van der Waals surface area contributed by atoms with Crippen molar-refractivity contribution in [2.24, 2.45) is 11.8 Å². The average Bonchev–Trinajstić information content (AvgIpc) is 2.46. The molecular formula is C14H14F6N2S. The molecule has 1 N–H and O–H groups in total. The molecule has 1 aliphatic heterocycles. The van der Waals surface area contributed by atoms with E-state index in [9.17, 15) is 26.3 Å². The number of alkyl halides is 6. The fourth-order valence-electron chi connectivity index (χ4n) is 2.46. The molecule has 2 nitrogen and oxygen atoms in total. The lowest BCUT2D eigenvalue weighted by molar-refractivity contribution is -0.225. The predicted molar refractivity (Wildman–Crippen MR) is 77.9 cm³/mol. The topological polar surface area (TPSA) is 15.3 Å². The maximum Gasteiger partial charge on any atom is 0.393 e. The highest BCUT2D eigenvalue weighted by atomic mass is 32.1. The van der Waals surface area contributed by atoms with Crippen molar-refractivity contribution in [1.82, 2.24) is 4.90 Å². The lowest BCUT2D eigenvalue weighted by atomic mass is 9.88. The van der Waals surface area contributed by atoms with Crippen LogP contribution in [0.5, 0.6) is 0 Å². The van der Waals surface area contributed by atoms with Gasteiger partial charge in [-0.25, -0.2) is 0 Å². The summed E-state index contributed by atoms with van der Waals surface area (Å²) in [6, 6.07) is 8.34. The second-order valence-corrected chi connectivity index (χ2v) is 5.80. The molecule has 1 aliphatic rings. The van der Waals surface area contributed by atoms with Crippen LogP contribution in [0.25, 0.3) is 0 Å². The number of piperidine rings is 1. The van der Waals surface area contributed by atoms with Crippen LogP contribution in [-0.2, 0) is 0 Å². The summed E-state index contributed by atoms with van der Waals surface area (Å²) in [6.45, 7) is -1.15. The minimum Gasteiger partial charge on any atom is -0.348 e. The van der Waals surface area contributed by atoms with Crippen LogP contribution in [0.3, 0.4) is 0 Å². The number of hydrogen-bond donors (Lipinski definition) is 1. The normalized spacial score (nSPS) is 22.8. The molecule has 1 aromatic carbocycles.